The number of carbonyl (C=O) groups is 1. The number of nitrogens with zero attached hydrogens (tertiary/aromatic N) is 1. The average Bonchev–Trinajstić information content (AvgIpc) is 2.85. The van der Waals surface area contributed by atoms with Crippen molar-refractivity contribution < 1.29 is 9.53 Å². The monoisotopic (exact) mass is 421 g/mol. The molecule has 0 atom stereocenters. The Morgan fingerprint density at radius 1 is 0.656 bits per heavy atom. The average molecular weight is 422 g/mol. The smallest absolute Gasteiger partial charge is 0.308 e. The second-order valence-electron chi connectivity index (χ2n) is 8.01. The molecule has 32 heavy (non-hydrogen) atoms. The van der Waals surface area contributed by atoms with E-state index in [0.717, 1.165) is 22.6 Å². The van der Waals surface area contributed by atoms with Crippen LogP contribution in [0.15, 0.2) is 109 Å². The van der Waals surface area contributed by atoms with E-state index in [1.54, 1.807) is 0 Å². The third-order valence-corrected chi connectivity index (χ3v) is 5.29. The second kappa shape index (κ2) is 9.97. The first-order chi connectivity index (χ1) is 15.6. The van der Waals surface area contributed by atoms with Crippen molar-refractivity contribution >= 4 is 23.0 Å². The Morgan fingerprint density at radius 2 is 1.12 bits per heavy atom. The fraction of sp³-hybridized carbons (Fsp3) is 0.138. The van der Waals surface area contributed by atoms with Crippen LogP contribution in [0.5, 0.6) is 0 Å². The van der Waals surface area contributed by atoms with Crippen LogP contribution in [0.4, 0.5) is 17.1 Å². The van der Waals surface area contributed by atoms with Gasteiger partial charge in [0, 0.05) is 17.1 Å². The molecule has 0 heterocycles. The summed E-state index contributed by atoms with van der Waals surface area (Å²) in [5, 5.41) is 0. The van der Waals surface area contributed by atoms with E-state index in [1.165, 1.54) is 11.1 Å². The number of carbonyl (C=O) groups excluding carboxylic acids is 1. The van der Waals surface area contributed by atoms with Gasteiger partial charge in [-0.1, -0.05) is 86.6 Å². The molecule has 0 spiro atoms. The lowest BCUT2D eigenvalue weighted by molar-refractivity contribution is -0.148. The molecule has 0 aliphatic heterocycles. The van der Waals surface area contributed by atoms with Crippen LogP contribution >= 0.6 is 0 Å². The number of hydrogen-bond donors (Lipinski definition) is 0. The van der Waals surface area contributed by atoms with Crippen LogP contribution < -0.4 is 4.90 Å². The normalized spacial score (nSPS) is 10.7. The summed E-state index contributed by atoms with van der Waals surface area (Å²) in [6.07, 6.45) is 0. The maximum absolute atomic E-state index is 11.8. The maximum atomic E-state index is 11.8. The van der Waals surface area contributed by atoms with E-state index in [4.69, 9.17) is 4.74 Å². The lowest BCUT2D eigenvalue weighted by Gasteiger charge is -2.26. The van der Waals surface area contributed by atoms with Crippen molar-refractivity contribution in [3.63, 3.8) is 0 Å². The second-order valence-corrected chi connectivity index (χ2v) is 8.01. The van der Waals surface area contributed by atoms with Gasteiger partial charge < -0.3 is 9.64 Å². The first kappa shape index (κ1) is 21.4. The van der Waals surface area contributed by atoms with Gasteiger partial charge in [-0.15, -0.1) is 0 Å². The Morgan fingerprint density at radius 3 is 1.69 bits per heavy atom. The van der Waals surface area contributed by atoms with Crippen molar-refractivity contribution in [3.05, 3.63) is 115 Å². The quantitative estimate of drug-likeness (QED) is 0.289. The minimum atomic E-state index is -0.182. The van der Waals surface area contributed by atoms with E-state index in [-0.39, 0.29) is 18.5 Å². The van der Waals surface area contributed by atoms with Crippen LogP contribution in [-0.2, 0) is 16.1 Å². The highest BCUT2D eigenvalue weighted by Gasteiger charge is 2.13. The van der Waals surface area contributed by atoms with Gasteiger partial charge in [-0.05, 0) is 53.1 Å². The highest BCUT2D eigenvalue weighted by Crippen LogP contribution is 2.35. The number of anilines is 3. The predicted octanol–water partition coefficient (Wildman–Crippen LogP) is 7.52. The van der Waals surface area contributed by atoms with Crippen LogP contribution in [-0.4, -0.2) is 5.97 Å². The molecular formula is C29H27NO2. The van der Waals surface area contributed by atoms with E-state index in [9.17, 15) is 4.79 Å². The summed E-state index contributed by atoms with van der Waals surface area (Å²) >= 11 is 0. The molecule has 4 rings (SSSR count). The maximum Gasteiger partial charge on any atom is 0.308 e. The topological polar surface area (TPSA) is 29.5 Å². The lowest BCUT2D eigenvalue weighted by atomic mass is 10.0. The summed E-state index contributed by atoms with van der Waals surface area (Å²) < 4.78 is 5.36. The molecule has 3 heteroatoms. The summed E-state index contributed by atoms with van der Waals surface area (Å²) in [5.74, 6) is -0.305. The summed E-state index contributed by atoms with van der Waals surface area (Å²) in [4.78, 5) is 14.0. The van der Waals surface area contributed by atoms with Gasteiger partial charge in [0.05, 0.1) is 5.92 Å². The zero-order valence-corrected chi connectivity index (χ0v) is 18.4. The molecule has 4 aromatic rings. The van der Waals surface area contributed by atoms with Crippen molar-refractivity contribution in [3.8, 4) is 11.1 Å². The third-order valence-electron chi connectivity index (χ3n) is 5.29. The van der Waals surface area contributed by atoms with E-state index in [2.05, 4.69) is 77.7 Å². The third kappa shape index (κ3) is 5.06. The van der Waals surface area contributed by atoms with Gasteiger partial charge in [-0.2, -0.15) is 0 Å². The molecule has 0 aliphatic rings. The predicted molar refractivity (Wildman–Crippen MR) is 131 cm³/mol. The first-order valence-electron chi connectivity index (χ1n) is 10.9. The molecule has 4 aromatic carbocycles. The summed E-state index contributed by atoms with van der Waals surface area (Å²) in [6, 6.07) is 37.4. The molecule has 0 unspecified atom stereocenters. The van der Waals surface area contributed by atoms with Gasteiger partial charge in [-0.25, -0.2) is 0 Å². The Kier molecular flexibility index (Phi) is 6.66. The first-order valence-corrected chi connectivity index (χ1v) is 10.9. The molecule has 0 fully saturated rings. The van der Waals surface area contributed by atoms with Crippen molar-refractivity contribution in [1.82, 2.24) is 0 Å². The zero-order chi connectivity index (χ0) is 22.3. The fourth-order valence-electron chi connectivity index (χ4n) is 3.52. The van der Waals surface area contributed by atoms with Gasteiger partial charge in [0.25, 0.3) is 0 Å². The minimum Gasteiger partial charge on any atom is -0.461 e. The molecule has 160 valence electrons. The van der Waals surface area contributed by atoms with E-state index >= 15 is 0 Å². The zero-order valence-electron chi connectivity index (χ0n) is 18.4. The van der Waals surface area contributed by atoms with Crippen LogP contribution in [0.1, 0.15) is 19.4 Å². The summed E-state index contributed by atoms with van der Waals surface area (Å²) in [7, 11) is 0. The Bertz CT molecular complexity index is 1140. The summed E-state index contributed by atoms with van der Waals surface area (Å²) in [5.41, 5.74) is 6.56. The number of rotatable bonds is 7. The van der Waals surface area contributed by atoms with Crippen LogP contribution in [0, 0.1) is 5.92 Å². The molecule has 0 amide bonds. The molecule has 0 aliphatic carbocycles. The molecule has 0 radical (unpaired) electrons. The largest absolute Gasteiger partial charge is 0.461 e. The van der Waals surface area contributed by atoms with Crippen molar-refractivity contribution in [2.45, 2.75) is 20.5 Å². The number of para-hydroxylation sites is 1. The number of benzene rings is 4. The van der Waals surface area contributed by atoms with Gasteiger partial charge in [0.2, 0.25) is 0 Å². The number of ether oxygens (including phenoxy) is 1. The Hall–Kier alpha value is -3.85. The van der Waals surface area contributed by atoms with Crippen LogP contribution in [0.3, 0.4) is 0 Å². The molecule has 0 bridgehead atoms. The number of hydrogen-bond acceptors (Lipinski definition) is 3. The summed E-state index contributed by atoms with van der Waals surface area (Å²) in [6.45, 7) is 3.97. The van der Waals surface area contributed by atoms with Crippen LogP contribution in [0.2, 0.25) is 0 Å². The highest BCUT2D eigenvalue weighted by molar-refractivity contribution is 5.78. The van der Waals surface area contributed by atoms with Gasteiger partial charge in [0.15, 0.2) is 0 Å². The van der Waals surface area contributed by atoms with Crippen molar-refractivity contribution in [1.29, 1.82) is 0 Å². The van der Waals surface area contributed by atoms with Crippen molar-refractivity contribution in [2.24, 2.45) is 5.92 Å². The molecule has 3 nitrogen and oxygen atoms in total. The van der Waals surface area contributed by atoms with Gasteiger partial charge >= 0.3 is 5.97 Å². The van der Waals surface area contributed by atoms with Crippen LogP contribution in [0.25, 0.3) is 11.1 Å². The lowest BCUT2D eigenvalue weighted by Crippen LogP contribution is -2.12. The van der Waals surface area contributed by atoms with Gasteiger partial charge in [-0.3, -0.25) is 4.79 Å². The molecule has 0 N–H and O–H groups in total. The van der Waals surface area contributed by atoms with E-state index in [1.807, 2.05) is 50.2 Å². The molecular weight excluding hydrogens is 394 g/mol. The SMILES string of the molecule is CC(C)C(=O)OCc1ccc(N(c2ccccc2)c2ccc(-c3ccccc3)cc2)cc1. The fourth-order valence-corrected chi connectivity index (χ4v) is 3.52. The standard InChI is InChI=1S/C29H27NO2/c1-22(2)29(31)32-21-23-13-17-27(18-14-23)30(26-11-7-4-8-12-26)28-19-15-25(16-20-28)24-9-5-3-6-10-24/h3-20,22H,21H2,1-2H3. The molecule has 0 aromatic heterocycles. The number of esters is 1. The van der Waals surface area contributed by atoms with E-state index in [0.29, 0.717) is 0 Å². The minimum absolute atomic E-state index is 0.123. The Balaban J connectivity index is 1.61. The molecule has 0 saturated heterocycles. The van der Waals surface area contributed by atoms with Crippen molar-refractivity contribution in [2.75, 3.05) is 4.90 Å². The molecule has 0 saturated carbocycles. The van der Waals surface area contributed by atoms with Gasteiger partial charge in [0.1, 0.15) is 6.61 Å². The van der Waals surface area contributed by atoms with E-state index < -0.39 is 0 Å². The highest BCUT2D eigenvalue weighted by atomic mass is 16.5. The Labute approximate surface area is 189 Å².